The van der Waals surface area contributed by atoms with Crippen LogP contribution in [0, 0.1) is 18.8 Å². The SMILES string of the molecule is Cc1ccc(-c2nc(CCNC(=O)C3CCCN(C(=O)C4CC4)C3)cs2)cc1. The number of hydrogen-bond acceptors (Lipinski definition) is 4. The second-order valence-electron chi connectivity index (χ2n) is 7.95. The molecule has 148 valence electrons. The zero-order valence-corrected chi connectivity index (χ0v) is 17.1. The van der Waals surface area contributed by atoms with E-state index in [1.165, 1.54) is 5.56 Å². The van der Waals surface area contributed by atoms with Gasteiger partial charge in [-0.15, -0.1) is 11.3 Å². The Bertz CT molecular complexity index is 842. The minimum Gasteiger partial charge on any atom is -0.355 e. The minimum atomic E-state index is -0.0741. The van der Waals surface area contributed by atoms with Crippen molar-refractivity contribution in [3.8, 4) is 10.6 Å². The predicted octanol–water partition coefficient (Wildman–Crippen LogP) is 3.43. The molecule has 6 heteroatoms. The molecule has 0 spiro atoms. The van der Waals surface area contributed by atoms with Gasteiger partial charge in [-0.3, -0.25) is 9.59 Å². The molecule has 2 fully saturated rings. The Hall–Kier alpha value is -2.21. The molecule has 2 amide bonds. The molecule has 1 saturated carbocycles. The van der Waals surface area contributed by atoms with E-state index < -0.39 is 0 Å². The molecule has 2 aliphatic rings. The van der Waals surface area contributed by atoms with Crippen LogP contribution in [-0.2, 0) is 16.0 Å². The van der Waals surface area contributed by atoms with E-state index in [0.29, 0.717) is 13.1 Å². The highest BCUT2D eigenvalue weighted by Gasteiger charge is 2.36. The smallest absolute Gasteiger partial charge is 0.225 e. The number of benzene rings is 1. The van der Waals surface area contributed by atoms with Crippen LogP contribution < -0.4 is 5.32 Å². The number of piperidine rings is 1. The summed E-state index contributed by atoms with van der Waals surface area (Å²) in [5.41, 5.74) is 3.38. The molecular weight excluding hydrogens is 370 g/mol. The number of nitrogens with zero attached hydrogens (tertiary/aromatic N) is 2. The molecular formula is C22H27N3O2S. The van der Waals surface area contributed by atoms with Crippen LogP contribution in [0.1, 0.15) is 36.9 Å². The Kier molecular flexibility index (Phi) is 5.76. The van der Waals surface area contributed by atoms with E-state index in [2.05, 4.69) is 41.9 Å². The van der Waals surface area contributed by atoms with Crippen LogP contribution in [0.15, 0.2) is 29.6 Å². The Morgan fingerprint density at radius 3 is 2.71 bits per heavy atom. The van der Waals surface area contributed by atoms with Crippen molar-refractivity contribution in [2.45, 2.75) is 39.0 Å². The topological polar surface area (TPSA) is 62.3 Å². The van der Waals surface area contributed by atoms with Crippen LogP contribution in [0.2, 0.25) is 0 Å². The van der Waals surface area contributed by atoms with Crippen molar-refractivity contribution in [2.24, 2.45) is 11.8 Å². The highest BCUT2D eigenvalue weighted by molar-refractivity contribution is 7.13. The number of nitrogens with one attached hydrogen (secondary N) is 1. The van der Waals surface area contributed by atoms with Crippen LogP contribution in [-0.4, -0.2) is 41.3 Å². The standard InChI is InChI=1S/C22H27N3O2S/c1-15-4-6-16(7-5-15)21-24-19(14-28-21)10-11-23-20(26)18-3-2-12-25(13-18)22(27)17-8-9-17/h4-7,14,17-18H,2-3,8-13H2,1H3,(H,23,26). The Morgan fingerprint density at radius 1 is 1.18 bits per heavy atom. The summed E-state index contributed by atoms with van der Waals surface area (Å²) in [6.45, 7) is 4.05. The van der Waals surface area contributed by atoms with Gasteiger partial charge in [-0.2, -0.15) is 0 Å². The first kappa shape index (κ1) is 19.1. The quantitative estimate of drug-likeness (QED) is 0.812. The van der Waals surface area contributed by atoms with Crippen molar-refractivity contribution in [1.29, 1.82) is 0 Å². The summed E-state index contributed by atoms with van der Waals surface area (Å²) in [5, 5.41) is 6.13. The zero-order chi connectivity index (χ0) is 19.5. The summed E-state index contributed by atoms with van der Waals surface area (Å²) in [6, 6.07) is 8.38. The van der Waals surface area contributed by atoms with Gasteiger partial charge in [0.05, 0.1) is 11.6 Å². The van der Waals surface area contributed by atoms with Gasteiger partial charge in [0.25, 0.3) is 0 Å². The predicted molar refractivity (Wildman–Crippen MR) is 111 cm³/mol. The Labute approximate surface area is 170 Å². The Morgan fingerprint density at radius 2 is 1.96 bits per heavy atom. The summed E-state index contributed by atoms with van der Waals surface area (Å²) in [7, 11) is 0. The summed E-state index contributed by atoms with van der Waals surface area (Å²) in [6.07, 6.45) is 4.55. The molecule has 1 atom stereocenters. The number of aryl methyl sites for hydroxylation is 1. The molecule has 1 aliphatic heterocycles. The molecule has 1 aliphatic carbocycles. The van der Waals surface area contributed by atoms with Gasteiger partial charge in [0.2, 0.25) is 11.8 Å². The van der Waals surface area contributed by atoms with Crippen molar-refractivity contribution >= 4 is 23.2 Å². The van der Waals surface area contributed by atoms with Crippen molar-refractivity contribution in [1.82, 2.24) is 15.2 Å². The van der Waals surface area contributed by atoms with E-state index >= 15 is 0 Å². The van der Waals surface area contributed by atoms with Crippen LogP contribution in [0.3, 0.4) is 0 Å². The number of thiazole rings is 1. The third kappa shape index (κ3) is 4.61. The molecule has 0 bridgehead atoms. The van der Waals surface area contributed by atoms with Crippen LogP contribution in [0.5, 0.6) is 0 Å². The Balaban J connectivity index is 1.25. The maximum Gasteiger partial charge on any atom is 0.225 e. The molecule has 5 nitrogen and oxygen atoms in total. The second kappa shape index (κ2) is 8.43. The first-order valence-electron chi connectivity index (χ1n) is 10.2. The van der Waals surface area contributed by atoms with Crippen molar-refractivity contribution < 1.29 is 9.59 Å². The largest absolute Gasteiger partial charge is 0.355 e. The van der Waals surface area contributed by atoms with E-state index in [1.807, 2.05) is 4.90 Å². The minimum absolute atomic E-state index is 0.0716. The number of amides is 2. The number of likely N-dealkylation sites (tertiary alicyclic amines) is 1. The van der Waals surface area contributed by atoms with Gasteiger partial charge in [-0.1, -0.05) is 29.8 Å². The van der Waals surface area contributed by atoms with Gasteiger partial charge >= 0.3 is 0 Å². The number of carbonyl (C=O) groups excluding carboxylic acids is 2. The molecule has 2 heterocycles. The summed E-state index contributed by atoms with van der Waals surface area (Å²) in [5.74, 6) is 0.482. The van der Waals surface area contributed by atoms with Gasteiger partial charge in [0.15, 0.2) is 0 Å². The van der Waals surface area contributed by atoms with Crippen molar-refractivity contribution in [3.63, 3.8) is 0 Å². The number of rotatable bonds is 6. The molecule has 2 aromatic rings. The zero-order valence-electron chi connectivity index (χ0n) is 16.3. The third-order valence-electron chi connectivity index (χ3n) is 5.56. The fourth-order valence-electron chi connectivity index (χ4n) is 3.69. The molecule has 1 aromatic heterocycles. The first-order valence-corrected chi connectivity index (χ1v) is 11.1. The normalized spacial score (nSPS) is 19.5. The molecule has 1 N–H and O–H groups in total. The fourth-order valence-corrected chi connectivity index (χ4v) is 4.55. The van der Waals surface area contributed by atoms with Gasteiger partial charge in [0, 0.05) is 42.9 Å². The van der Waals surface area contributed by atoms with E-state index in [0.717, 1.165) is 54.9 Å². The first-order chi connectivity index (χ1) is 13.6. The maximum atomic E-state index is 12.5. The molecule has 1 aromatic carbocycles. The fraction of sp³-hybridized carbons (Fsp3) is 0.500. The lowest BCUT2D eigenvalue weighted by Gasteiger charge is -2.32. The van der Waals surface area contributed by atoms with Crippen LogP contribution >= 0.6 is 11.3 Å². The molecule has 1 saturated heterocycles. The van der Waals surface area contributed by atoms with E-state index in [9.17, 15) is 9.59 Å². The van der Waals surface area contributed by atoms with Crippen molar-refractivity contribution in [3.05, 3.63) is 40.9 Å². The van der Waals surface area contributed by atoms with Gasteiger partial charge in [-0.25, -0.2) is 4.98 Å². The summed E-state index contributed by atoms with van der Waals surface area (Å²) >= 11 is 1.64. The van der Waals surface area contributed by atoms with Gasteiger partial charge < -0.3 is 10.2 Å². The van der Waals surface area contributed by atoms with E-state index in [-0.39, 0.29) is 23.7 Å². The van der Waals surface area contributed by atoms with E-state index in [1.54, 1.807) is 11.3 Å². The maximum absolute atomic E-state index is 12.5. The average Bonchev–Trinajstić information content (AvgIpc) is 3.46. The summed E-state index contributed by atoms with van der Waals surface area (Å²) in [4.78, 5) is 31.4. The summed E-state index contributed by atoms with van der Waals surface area (Å²) < 4.78 is 0. The highest BCUT2D eigenvalue weighted by Crippen LogP contribution is 2.32. The van der Waals surface area contributed by atoms with Crippen molar-refractivity contribution in [2.75, 3.05) is 19.6 Å². The highest BCUT2D eigenvalue weighted by atomic mass is 32.1. The van der Waals surface area contributed by atoms with Crippen LogP contribution in [0.4, 0.5) is 0 Å². The number of aromatic nitrogens is 1. The lowest BCUT2D eigenvalue weighted by molar-refractivity contribution is -0.136. The average molecular weight is 398 g/mol. The molecule has 28 heavy (non-hydrogen) atoms. The van der Waals surface area contributed by atoms with Gasteiger partial charge in [0.1, 0.15) is 5.01 Å². The number of carbonyl (C=O) groups is 2. The monoisotopic (exact) mass is 397 g/mol. The second-order valence-corrected chi connectivity index (χ2v) is 8.81. The third-order valence-corrected chi connectivity index (χ3v) is 6.50. The molecule has 1 unspecified atom stereocenters. The lowest BCUT2D eigenvalue weighted by atomic mass is 9.96. The van der Waals surface area contributed by atoms with Crippen LogP contribution in [0.25, 0.3) is 10.6 Å². The molecule has 0 radical (unpaired) electrons. The molecule has 4 rings (SSSR count). The van der Waals surface area contributed by atoms with E-state index in [4.69, 9.17) is 4.98 Å². The van der Waals surface area contributed by atoms with Gasteiger partial charge in [-0.05, 0) is 32.6 Å². The number of hydrogen-bond donors (Lipinski definition) is 1. The lowest BCUT2D eigenvalue weighted by Crippen LogP contribution is -2.46.